The van der Waals surface area contributed by atoms with Crippen LogP contribution in [0.5, 0.6) is 0 Å². The maximum atomic E-state index is 2.68. The van der Waals surface area contributed by atoms with Crippen molar-refractivity contribution in [3.63, 3.8) is 0 Å². The van der Waals surface area contributed by atoms with E-state index in [-0.39, 0.29) is 11.8 Å². The quantitative estimate of drug-likeness (QED) is 0.113. The van der Waals surface area contributed by atoms with Gasteiger partial charge >= 0.3 is 0 Å². The second-order valence-corrected chi connectivity index (χ2v) is 27.2. The summed E-state index contributed by atoms with van der Waals surface area (Å²) in [5.74, 6) is 0.492. The van der Waals surface area contributed by atoms with Crippen LogP contribution in [0.3, 0.4) is 0 Å². The molecule has 14 aromatic carbocycles. The first-order valence-electron chi connectivity index (χ1n) is 34.3. The van der Waals surface area contributed by atoms with Crippen LogP contribution in [-0.4, -0.2) is 9.13 Å². The molecule has 0 saturated carbocycles. The highest BCUT2D eigenvalue weighted by molar-refractivity contribution is 6.30. The van der Waals surface area contributed by atoms with Crippen molar-refractivity contribution in [1.82, 2.24) is 9.13 Å². The molecule has 0 saturated heterocycles. The summed E-state index contributed by atoms with van der Waals surface area (Å²) in [6, 6.07) is 102. The highest BCUT2D eigenvalue weighted by atomic mass is 15.2. The molecule has 16 aromatic rings. The Morgan fingerprint density at radius 3 is 1.07 bits per heavy atom. The van der Waals surface area contributed by atoms with Gasteiger partial charge in [0.25, 0.3) is 0 Å². The molecule has 94 heavy (non-hydrogen) atoms. The van der Waals surface area contributed by atoms with Gasteiger partial charge in [0.05, 0.1) is 33.4 Å². The Balaban J connectivity index is 0.873. The summed E-state index contributed by atoms with van der Waals surface area (Å²) in [5, 5.41) is 12.9. The molecular formula is C90H74N4. The summed E-state index contributed by atoms with van der Waals surface area (Å²) >= 11 is 0. The van der Waals surface area contributed by atoms with Gasteiger partial charge in [0.1, 0.15) is 0 Å². The van der Waals surface area contributed by atoms with E-state index in [4.69, 9.17) is 0 Å². The van der Waals surface area contributed by atoms with E-state index in [1.807, 2.05) is 0 Å². The van der Waals surface area contributed by atoms with E-state index in [2.05, 4.69) is 314 Å². The maximum absolute atomic E-state index is 2.68. The van der Waals surface area contributed by atoms with Gasteiger partial charge in [0.15, 0.2) is 0 Å². The standard InChI is InChI=1S/C90H74N4/c1-57(2)77-55-87(93(81-35-19-27-63-25-11-13-29-69(63)81)67-45-51-85-79(53-67)71-31-15-17-33-83(71)91(85)65-41-37-61(38-42-65)59-21-7-5-8-22-59)75-50-48-74-78(58(3)4)56-88(76-49-47-73(77)89(75)90(74)76)94(82-36-20-28-64-26-12-14-30-70(64)82)68-46-52-86-80(54-68)72-32-16-18-34-84(72)92(86)66-43-39-62(40-44-66)60-23-9-6-10-24-60/h5-10,15-24,27-28,31-58H,11-14,25-26,29-30H2,1-4H3. The lowest BCUT2D eigenvalue weighted by atomic mass is 9.83. The fraction of sp³-hybridized carbons (Fsp3) is 0.156. The number of para-hydroxylation sites is 2. The van der Waals surface area contributed by atoms with Gasteiger partial charge in [-0.15, -0.1) is 0 Å². The van der Waals surface area contributed by atoms with E-state index in [1.54, 1.807) is 0 Å². The van der Waals surface area contributed by atoms with Crippen molar-refractivity contribution in [2.45, 2.75) is 90.9 Å². The molecular weight excluding hydrogens is 1140 g/mol. The zero-order valence-corrected chi connectivity index (χ0v) is 54.0. The SMILES string of the molecule is CC(C)c1cc(N(c2ccc3c(c2)c2ccccc2n3-c2ccc(-c3ccccc3)cc2)c2cccc3c2CCCC3)c2ccc3c(C(C)C)cc(N(c4ccc5c(c4)c4ccccc4n5-c4ccc(-c5ccccc5)cc4)c4cccc5c4CCCC5)c4ccc1c2c34. The predicted molar refractivity (Wildman–Crippen MR) is 401 cm³/mol. The number of aromatic nitrogens is 2. The molecule has 2 aromatic heterocycles. The van der Waals surface area contributed by atoms with Crippen molar-refractivity contribution in [1.29, 1.82) is 0 Å². The average Bonchev–Trinajstić information content (AvgIpc) is 0.818. The van der Waals surface area contributed by atoms with Crippen LogP contribution in [0.1, 0.15) is 98.6 Å². The fourth-order valence-corrected chi connectivity index (χ4v) is 16.7. The van der Waals surface area contributed by atoms with Crippen LogP contribution >= 0.6 is 0 Å². The molecule has 0 amide bonds. The van der Waals surface area contributed by atoms with Gasteiger partial charge in [-0.05, 0) is 237 Å². The zero-order valence-electron chi connectivity index (χ0n) is 54.0. The summed E-state index contributed by atoms with van der Waals surface area (Å²) in [6.07, 6.45) is 9.11. The Bertz CT molecular complexity index is 5260. The number of aryl methyl sites for hydroxylation is 2. The first-order chi connectivity index (χ1) is 46.3. The van der Waals surface area contributed by atoms with Crippen molar-refractivity contribution in [2.75, 3.05) is 9.80 Å². The van der Waals surface area contributed by atoms with Crippen molar-refractivity contribution in [3.8, 4) is 33.6 Å². The van der Waals surface area contributed by atoms with Crippen LogP contribution < -0.4 is 9.80 Å². The van der Waals surface area contributed by atoms with Crippen LogP contribution in [0.4, 0.5) is 34.1 Å². The number of nitrogens with zero attached hydrogens (tertiary/aromatic N) is 4. The summed E-state index contributed by atoms with van der Waals surface area (Å²) < 4.78 is 4.93. The van der Waals surface area contributed by atoms with Gasteiger partial charge in [-0.2, -0.15) is 0 Å². The number of fused-ring (bicyclic) bond motifs is 8. The number of rotatable bonds is 12. The molecule has 0 aliphatic heterocycles. The largest absolute Gasteiger partial charge is 0.310 e. The Labute approximate surface area is 550 Å². The van der Waals surface area contributed by atoms with Gasteiger partial charge in [0, 0.05) is 66.4 Å². The highest BCUT2D eigenvalue weighted by Crippen LogP contribution is 2.54. The lowest BCUT2D eigenvalue weighted by Crippen LogP contribution is -2.17. The highest BCUT2D eigenvalue weighted by Gasteiger charge is 2.30. The van der Waals surface area contributed by atoms with Gasteiger partial charge in [-0.25, -0.2) is 0 Å². The van der Waals surface area contributed by atoms with Crippen LogP contribution in [0.2, 0.25) is 0 Å². The van der Waals surface area contributed by atoms with E-state index in [0.717, 1.165) is 37.1 Å². The van der Waals surface area contributed by atoms with Crippen LogP contribution in [0, 0.1) is 0 Å². The van der Waals surface area contributed by atoms with Crippen LogP contribution in [0.15, 0.2) is 267 Å². The second-order valence-electron chi connectivity index (χ2n) is 27.2. The third-order valence-electron chi connectivity index (χ3n) is 21.2. The van der Waals surface area contributed by atoms with E-state index < -0.39 is 0 Å². The number of hydrogen-bond donors (Lipinski definition) is 0. The third-order valence-corrected chi connectivity index (χ3v) is 21.2. The Morgan fingerprint density at radius 1 is 0.277 bits per heavy atom. The Morgan fingerprint density at radius 2 is 0.649 bits per heavy atom. The van der Waals surface area contributed by atoms with Crippen molar-refractivity contribution in [2.24, 2.45) is 0 Å². The average molecular weight is 1210 g/mol. The van der Waals surface area contributed by atoms with Gasteiger partial charge in [0.2, 0.25) is 0 Å². The van der Waals surface area contributed by atoms with Gasteiger partial charge < -0.3 is 18.9 Å². The van der Waals surface area contributed by atoms with Crippen LogP contribution in [-0.2, 0) is 25.7 Å². The first kappa shape index (κ1) is 56.1. The molecule has 0 spiro atoms. The molecule has 0 fully saturated rings. The van der Waals surface area contributed by atoms with E-state index in [0.29, 0.717) is 0 Å². The summed E-state index contributed by atoms with van der Waals surface area (Å²) in [4.78, 5) is 5.36. The van der Waals surface area contributed by atoms with Gasteiger partial charge in [-0.1, -0.05) is 198 Å². The third kappa shape index (κ3) is 9.01. The van der Waals surface area contributed by atoms with Crippen molar-refractivity contribution < 1.29 is 0 Å². The molecule has 0 N–H and O–H groups in total. The lowest BCUT2D eigenvalue weighted by molar-refractivity contribution is 0.686. The first-order valence-corrected chi connectivity index (χ1v) is 34.3. The zero-order chi connectivity index (χ0) is 62.7. The Kier molecular flexibility index (Phi) is 13.5. The monoisotopic (exact) mass is 1210 g/mol. The van der Waals surface area contributed by atoms with E-state index in [9.17, 15) is 0 Å². The van der Waals surface area contributed by atoms with E-state index >= 15 is 0 Å². The molecule has 2 aliphatic rings. The topological polar surface area (TPSA) is 16.3 Å². The molecule has 2 aliphatic carbocycles. The lowest BCUT2D eigenvalue weighted by Gasteiger charge is -2.34. The molecule has 0 unspecified atom stereocenters. The minimum absolute atomic E-state index is 0.246. The minimum Gasteiger partial charge on any atom is -0.310 e. The molecule has 18 rings (SSSR count). The van der Waals surface area contributed by atoms with Gasteiger partial charge in [-0.3, -0.25) is 0 Å². The minimum atomic E-state index is 0.246. The molecule has 454 valence electrons. The van der Waals surface area contributed by atoms with Crippen LogP contribution in [0.25, 0.3) is 110 Å². The summed E-state index contributed by atoms with van der Waals surface area (Å²) in [6.45, 7) is 9.60. The Hall–Kier alpha value is -10.7. The fourth-order valence-electron chi connectivity index (χ4n) is 16.7. The van der Waals surface area contributed by atoms with E-state index in [1.165, 1.54) is 191 Å². The maximum Gasteiger partial charge on any atom is 0.0543 e. The number of benzene rings is 14. The normalized spacial score (nSPS) is 13.4. The second kappa shape index (κ2) is 22.6. The number of anilines is 6. The number of hydrogen-bond acceptors (Lipinski definition) is 2. The summed E-state index contributed by atoms with van der Waals surface area (Å²) in [5.41, 5.74) is 28.0. The molecule has 4 nitrogen and oxygen atoms in total. The molecule has 4 heteroatoms. The predicted octanol–water partition coefficient (Wildman–Crippen LogP) is 25.1. The smallest absolute Gasteiger partial charge is 0.0543 e. The molecule has 0 bridgehead atoms. The molecule has 2 heterocycles. The molecule has 0 atom stereocenters. The van der Waals surface area contributed by atoms with Crippen molar-refractivity contribution >= 4 is 110 Å². The van der Waals surface area contributed by atoms with Crippen molar-refractivity contribution in [3.05, 3.63) is 300 Å². The molecule has 0 radical (unpaired) electrons. The summed E-state index contributed by atoms with van der Waals surface area (Å²) in [7, 11) is 0.